The van der Waals surface area contributed by atoms with Crippen molar-refractivity contribution < 1.29 is 9.53 Å². The van der Waals surface area contributed by atoms with E-state index in [0.29, 0.717) is 0 Å². The summed E-state index contributed by atoms with van der Waals surface area (Å²) in [4.78, 5) is 11.9. The van der Waals surface area contributed by atoms with Crippen LogP contribution in [0.5, 0.6) is 0 Å². The normalized spacial score (nSPS) is 11.4. The molecule has 1 unspecified atom stereocenters. The van der Waals surface area contributed by atoms with Crippen molar-refractivity contribution in [2.75, 3.05) is 0 Å². The number of carbonyl (C=O) groups is 1. The van der Waals surface area contributed by atoms with Crippen molar-refractivity contribution in [3.8, 4) is 11.8 Å². The van der Waals surface area contributed by atoms with Crippen LogP contribution in [-0.4, -0.2) is 5.97 Å². The molecule has 1 atom stereocenters. The largest absolute Gasteiger partial charge is 0.443 e. The van der Waals surface area contributed by atoms with Crippen molar-refractivity contribution in [3.05, 3.63) is 22.4 Å². The lowest BCUT2D eigenvalue weighted by molar-refractivity contribution is -0.143. The molecule has 2 nitrogen and oxygen atoms in total. The van der Waals surface area contributed by atoms with Crippen LogP contribution in [0.4, 0.5) is 0 Å². The van der Waals surface area contributed by atoms with Crippen LogP contribution in [0.25, 0.3) is 0 Å². The molecule has 1 rings (SSSR count). The van der Waals surface area contributed by atoms with Gasteiger partial charge in [-0.1, -0.05) is 31.3 Å². The standard InChI is InChI=1S/C13H16O2S/c1-3-4-5-6-8-12(15-11(2)14)13-9-7-10-16-13/h7,9-10,12H,3-5H2,1-2H3. The van der Waals surface area contributed by atoms with Crippen LogP contribution in [0.3, 0.4) is 0 Å². The third-order valence-electron chi connectivity index (χ3n) is 1.97. The third kappa shape index (κ3) is 4.50. The van der Waals surface area contributed by atoms with Gasteiger partial charge in [-0.2, -0.15) is 0 Å². The molecule has 0 fully saturated rings. The molecule has 1 aromatic heterocycles. The second kappa shape index (κ2) is 7.08. The molecule has 0 bridgehead atoms. The zero-order valence-electron chi connectivity index (χ0n) is 9.66. The van der Waals surface area contributed by atoms with Crippen LogP contribution in [0, 0.1) is 11.8 Å². The average molecular weight is 236 g/mol. The molecule has 86 valence electrons. The summed E-state index contributed by atoms with van der Waals surface area (Å²) in [5.41, 5.74) is 0. The molecule has 3 heteroatoms. The predicted molar refractivity (Wildman–Crippen MR) is 66.1 cm³/mol. The van der Waals surface area contributed by atoms with Crippen molar-refractivity contribution in [1.29, 1.82) is 0 Å². The number of rotatable bonds is 4. The SMILES string of the molecule is CCCCC#CC(OC(C)=O)c1cccs1. The fourth-order valence-electron chi connectivity index (χ4n) is 1.20. The van der Waals surface area contributed by atoms with Gasteiger partial charge in [0.2, 0.25) is 0 Å². The van der Waals surface area contributed by atoms with Gasteiger partial charge >= 0.3 is 5.97 Å². The van der Waals surface area contributed by atoms with E-state index in [9.17, 15) is 4.79 Å². The Morgan fingerprint density at radius 3 is 3.00 bits per heavy atom. The maximum atomic E-state index is 11.0. The highest BCUT2D eigenvalue weighted by Crippen LogP contribution is 2.21. The average Bonchev–Trinajstić information content (AvgIpc) is 2.75. The maximum Gasteiger partial charge on any atom is 0.304 e. The fraction of sp³-hybridized carbons (Fsp3) is 0.462. The lowest BCUT2D eigenvalue weighted by Gasteiger charge is -2.08. The van der Waals surface area contributed by atoms with Crippen LogP contribution in [0.15, 0.2) is 17.5 Å². The first-order valence-electron chi connectivity index (χ1n) is 5.43. The van der Waals surface area contributed by atoms with E-state index in [1.807, 2.05) is 17.5 Å². The maximum absolute atomic E-state index is 11.0. The van der Waals surface area contributed by atoms with Gasteiger partial charge in [-0.05, 0) is 17.9 Å². The first-order valence-corrected chi connectivity index (χ1v) is 6.31. The number of unbranched alkanes of at least 4 members (excludes halogenated alkanes) is 2. The monoisotopic (exact) mass is 236 g/mol. The van der Waals surface area contributed by atoms with Crippen LogP contribution in [0.1, 0.15) is 44.1 Å². The number of hydrogen-bond donors (Lipinski definition) is 0. The van der Waals surface area contributed by atoms with Gasteiger partial charge in [0.15, 0.2) is 6.10 Å². The van der Waals surface area contributed by atoms with Gasteiger partial charge in [0.1, 0.15) is 0 Å². The molecule has 1 heterocycles. The lowest BCUT2D eigenvalue weighted by Crippen LogP contribution is -2.04. The van der Waals surface area contributed by atoms with Crippen molar-refractivity contribution in [1.82, 2.24) is 0 Å². The highest BCUT2D eigenvalue weighted by atomic mass is 32.1. The minimum absolute atomic E-state index is 0.289. The molecular weight excluding hydrogens is 220 g/mol. The molecule has 0 aliphatic heterocycles. The second-order valence-electron chi connectivity index (χ2n) is 3.43. The Morgan fingerprint density at radius 2 is 2.44 bits per heavy atom. The van der Waals surface area contributed by atoms with Gasteiger partial charge in [-0.25, -0.2) is 0 Å². The van der Waals surface area contributed by atoms with Crippen LogP contribution < -0.4 is 0 Å². The van der Waals surface area contributed by atoms with E-state index in [0.717, 1.165) is 24.1 Å². The predicted octanol–water partition coefficient (Wildman–Crippen LogP) is 3.55. The Kier molecular flexibility index (Phi) is 5.66. The summed E-state index contributed by atoms with van der Waals surface area (Å²) < 4.78 is 5.17. The Labute approximate surface area is 101 Å². The number of carbonyl (C=O) groups excluding carboxylic acids is 1. The highest BCUT2D eigenvalue weighted by Gasteiger charge is 2.11. The third-order valence-corrected chi connectivity index (χ3v) is 2.89. The number of esters is 1. The van der Waals surface area contributed by atoms with E-state index in [2.05, 4.69) is 18.8 Å². The van der Waals surface area contributed by atoms with E-state index in [4.69, 9.17) is 4.74 Å². The topological polar surface area (TPSA) is 26.3 Å². The minimum Gasteiger partial charge on any atom is -0.443 e. The van der Waals surface area contributed by atoms with Crippen LogP contribution in [0.2, 0.25) is 0 Å². The van der Waals surface area contributed by atoms with E-state index in [-0.39, 0.29) is 5.97 Å². The number of hydrogen-bond acceptors (Lipinski definition) is 3. The summed E-state index contributed by atoms with van der Waals surface area (Å²) in [5.74, 6) is 5.78. The van der Waals surface area contributed by atoms with Crippen molar-refractivity contribution in [2.45, 2.75) is 39.2 Å². The Hall–Kier alpha value is -1.27. The second-order valence-corrected chi connectivity index (χ2v) is 4.41. The molecule has 0 spiro atoms. The van der Waals surface area contributed by atoms with Crippen LogP contribution >= 0.6 is 11.3 Å². The van der Waals surface area contributed by atoms with Gasteiger partial charge in [-0.3, -0.25) is 4.79 Å². The highest BCUT2D eigenvalue weighted by molar-refractivity contribution is 7.10. The molecular formula is C13H16O2S. The molecule has 0 amide bonds. The zero-order chi connectivity index (χ0) is 11.8. The summed E-state index contributed by atoms with van der Waals surface area (Å²) in [7, 11) is 0. The first-order chi connectivity index (χ1) is 7.74. The Balaban J connectivity index is 2.63. The fourth-order valence-corrected chi connectivity index (χ4v) is 1.90. The minimum atomic E-state index is -0.394. The van der Waals surface area contributed by atoms with Gasteiger partial charge in [0, 0.05) is 13.3 Å². The molecule has 16 heavy (non-hydrogen) atoms. The molecule has 0 saturated heterocycles. The molecule has 1 aromatic rings. The summed E-state index contributed by atoms with van der Waals surface area (Å²) >= 11 is 1.56. The molecule has 0 aromatic carbocycles. The molecule has 0 N–H and O–H groups in total. The summed E-state index contributed by atoms with van der Waals surface area (Å²) in [5, 5.41) is 1.96. The summed E-state index contributed by atoms with van der Waals surface area (Å²) in [6.45, 7) is 3.54. The Morgan fingerprint density at radius 1 is 1.62 bits per heavy atom. The van der Waals surface area contributed by atoms with Crippen LogP contribution in [-0.2, 0) is 9.53 Å². The van der Waals surface area contributed by atoms with E-state index < -0.39 is 6.10 Å². The first kappa shape index (κ1) is 12.8. The zero-order valence-corrected chi connectivity index (χ0v) is 10.5. The quantitative estimate of drug-likeness (QED) is 0.454. The smallest absolute Gasteiger partial charge is 0.304 e. The van der Waals surface area contributed by atoms with Crippen molar-refractivity contribution >= 4 is 17.3 Å². The molecule has 0 aliphatic rings. The lowest BCUT2D eigenvalue weighted by atomic mass is 10.2. The number of ether oxygens (including phenoxy) is 1. The van der Waals surface area contributed by atoms with Gasteiger partial charge in [0.05, 0.1) is 4.88 Å². The van der Waals surface area contributed by atoms with E-state index >= 15 is 0 Å². The number of thiophene rings is 1. The molecule has 0 aliphatic carbocycles. The van der Waals surface area contributed by atoms with E-state index in [1.54, 1.807) is 11.3 Å². The van der Waals surface area contributed by atoms with Crippen molar-refractivity contribution in [3.63, 3.8) is 0 Å². The summed E-state index contributed by atoms with van der Waals surface area (Å²) in [6, 6.07) is 3.87. The molecule has 0 radical (unpaired) electrons. The summed E-state index contributed by atoms with van der Waals surface area (Å²) in [6.07, 6.45) is 2.69. The van der Waals surface area contributed by atoms with Crippen molar-refractivity contribution in [2.24, 2.45) is 0 Å². The van der Waals surface area contributed by atoms with E-state index in [1.165, 1.54) is 6.92 Å². The van der Waals surface area contributed by atoms with Gasteiger partial charge in [-0.15, -0.1) is 11.3 Å². The van der Waals surface area contributed by atoms with Gasteiger partial charge in [0.25, 0.3) is 0 Å². The van der Waals surface area contributed by atoms with Gasteiger partial charge < -0.3 is 4.74 Å². The Bertz CT molecular complexity index is 370. The molecule has 0 saturated carbocycles.